The van der Waals surface area contributed by atoms with Gasteiger partial charge in [-0.25, -0.2) is 0 Å². The van der Waals surface area contributed by atoms with E-state index >= 15 is 0 Å². The highest BCUT2D eigenvalue weighted by Crippen LogP contribution is 2.24. The van der Waals surface area contributed by atoms with Crippen molar-refractivity contribution in [3.8, 4) is 0 Å². The van der Waals surface area contributed by atoms with Crippen molar-refractivity contribution in [1.82, 2.24) is 9.80 Å². The largest absolute Gasteiger partial charge is 0.469 e. The molecule has 0 aromatic rings. The summed E-state index contributed by atoms with van der Waals surface area (Å²) >= 11 is 0. The predicted octanol–water partition coefficient (Wildman–Crippen LogP) is -0.0754. The molecular weight excluding hydrogens is 258 g/mol. The molecule has 0 aliphatic carbocycles. The van der Waals surface area contributed by atoms with E-state index in [0.717, 1.165) is 13.0 Å². The fourth-order valence-electron chi connectivity index (χ4n) is 2.61. The number of nitrogens with two attached hydrogens (primary N) is 1. The zero-order valence-electron chi connectivity index (χ0n) is 12.8. The van der Waals surface area contributed by atoms with E-state index < -0.39 is 0 Å². The predicted molar refractivity (Wildman–Crippen MR) is 77.0 cm³/mol. The van der Waals surface area contributed by atoms with Gasteiger partial charge in [0, 0.05) is 39.6 Å². The number of likely N-dealkylation sites (tertiary alicyclic amines) is 1. The molecule has 1 amide bonds. The fourth-order valence-corrected chi connectivity index (χ4v) is 2.61. The molecule has 0 bridgehead atoms. The van der Waals surface area contributed by atoms with Crippen molar-refractivity contribution in [1.29, 1.82) is 0 Å². The molecule has 0 aromatic carbocycles. The number of esters is 1. The Morgan fingerprint density at radius 2 is 2.10 bits per heavy atom. The monoisotopic (exact) mass is 285 g/mol. The summed E-state index contributed by atoms with van der Waals surface area (Å²) in [4.78, 5) is 27.4. The van der Waals surface area contributed by atoms with E-state index in [1.165, 1.54) is 7.11 Å². The quantitative estimate of drug-likeness (QED) is 0.662. The molecule has 116 valence electrons. The molecule has 1 saturated heterocycles. The molecule has 2 unspecified atom stereocenters. The van der Waals surface area contributed by atoms with Crippen molar-refractivity contribution in [2.24, 2.45) is 17.6 Å². The van der Waals surface area contributed by atoms with Crippen LogP contribution < -0.4 is 5.73 Å². The van der Waals surface area contributed by atoms with Gasteiger partial charge in [0.05, 0.1) is 13.0 Å². The van der Waals surface area contributed by atoms with Gasteiger partial charge in [0.1, 0.15) is 0 Å². The van der Waals surface area contributed by atoms with Crippen LogP contribution in [0.25, 0.3) is 0 Å². The smallest absolute Gasteiger partial charge is 0.310 e. The molecule has 0 radical (unpaired) electrons. The van der Waals surface area contributed by atoms with Crippen LogP contribution >= 0.6 is 0 Å². The standard InChI is InChI=1S/C14H27N3O3/c1-11-9-17(10-12(11)14(19)20-3)8-5-13(18)16(2)7-4-6-15/h11-12H,4-10,15H2,1-3H3. The van der Waals surface area contributed by atoms with Gasteiger partial charge in [-0.3, -0.25) is 9.59 Å². The third-order valence-corrected chi connectivity index (χ3v) is 3.96. The minimum Gasteiger partial charge on any atom is -0.469 e. The van der Waals surface area contributed by atoms with Crippen LogP contribution in [0.4, 0.5) is 0 Å². The van der Waals surface area contributed by atoms with Gasteiger partial charge >= 0.3 is 5.97 Å². The van der Waals surface area contributed by atoms with Crippen molar-refractivity contribution in [2.45, 2.75) is 19.8 Å². The number of methoxy groups -OCH3 is 1. The van der Waals surface area contributed by atoms with Gasteiger partial charge in [-0.05, 0) is 18.9 Å². The van der Waals surface area contributed by atoms with Gasteiger partial charge in [0.25, 0.3) is 0 Å². The van der Waals surface area contributed by atoms with Crippen molar-refractivity contribution < 1.29 is 14.3 Å². The first-order valence-corrected chi connectivity index (χ1v) is 7.23. The molecule has 2 atom stereocenters. The van der Waals surface area contributed by atoms with Crippen LogP contribution in [0.5, 0.6) is 0 Å². The van der Waals surface area contributed by atoms with Gasteiger partial charge < -0.3 is 20.3 Å². The molecule has 1 aliphatic rings. The maximum Gasteiger partial charge on any atom is 0.310 e. The van der Waals surface area contributed by atoms with E-state index in [2.05, 4.69) is 11.8 Å². The number of hydrogen-bond acceptors (Lipinski definition) is 5. The minimum absolute atomic E-state index is 0.0647. The molecule has 20 heavy (non-hydrogen) atoms. The van der Waals surface area contributed by atoms with Crippen molar-refractivity contribution >= 4 is 11.9 Å². The lowest BCUT2D eigenvalue weighted by atomic mass is 9.99. The molecule has 0 spiro atoms. The van der Waals surface area contributed by atoms with Gasteiger partial charge in [0.2, 0.25) is 5.91 Å². The van der Waals surface area contributed by atoms with Crippen LogP contribution in [-0.4, -0.2) is 68.6 Å². The van der Waals surface area contributed by atoms with Crippen molar-refractivity contribution in [3.63, 3.8) is 0 Å². The second-order valence-corrected chi connectivity index (χ2v) is 5.57. The number of nitrogens with zero attached hydrogens (tertiary/aromatic N) is 2. The summed E-state index contributed by atoms with van der Waals surface area (Å²) in [6.07, 6.45) is 1.31. The van der Waals surface area contributed by atoms with Gasteiger partial charge in [0.15, 0.2) is 0 Å². The van der Waals surface area contributed by atoms with Crippen molar-refractivity contribution in [2.75, 3.05) is 46.9 Å². The number of amides is 1. The Morgan fingerprint density at radius 3 is 2.70 bits per heavy atom. The normalized spacial score (nSPS) is 22.8. The summed E-state index contributed by atoms with van der Waals surface area (Å²) in [6.45, 7) is 5.59. The molecule has 1 heterocycles. The lowest BCUT2D eigenvalue weighted by Gasteiger charge is -2.19. The lowest BCUT2D eigenvalue weighted by Crippen LogP contribution is -2.33. The van der Waals surface area contributed by atoms with Crippen molar-refractivity contribution in [3.05, 3.63) is 0 Å². The average Bonchev–Trinajstić information content (AvgIpc) is 2.82. The highest BCUT2D eigenvalue weighted by molar-refractivity contribution is 5.76. The minimum atomic E-state index is -0.147. The maximum atomic E-state index is 11.9. The van der Waals surface area contributed by atoms with E-state index in [0.29, 0.717) is 32.6 Å². The Morgan fingerprint density at radius 1 is 1.40 bits per heavy atom. The molecule has 6 heteroatoms. The van der Waals surface area contributed by atoms with E-state index in [1.807, 2.05) is 7.05 Å². The Kier molecular flexibility index (Phi) is 6.95. The highest BCUT2D eigenvalue weighted by atomic mass is 16.5. The Balaban J connectivity index is 2.33. The Hall–Kier alpha value is -1.14. The molecule has 0 saturated carbocycles. The number of carbonyl (C=O) groups is 2. The topological polar surface area (TPSA) is 75.9 Å². The number of carbonyl (C=O) groups excluding carboxylic acids is 2. The highest BCUT2D eigenvalue weighted by Gasteiger charge is 2.35. The summed E-state index contributed by atoms with van der Waals surface area (Å²) in [5, 5.41) is 0. The SMILES string of the molecule is COC(=O)C1CN(CCC(=O)N(C)CCCN)CC1C. The first kappa shape index (κ1) is 16.9. The third kappa shape index (κ3) is 4.76. The molecule has 1 fully saturated rings. The first-order valence-electron chi connectivity index (χ1n) is 7.23. The van der Waals surface area contributed by atoms with E-state index in [4.69, 9.17) is 10.5 Å². The molecule has 1 rings (SSSR count). The second kappa shape index (κ2) is 8.21. The van der Waals surface area contributed by atoms with Gasteiger partial charge in [-0.1, -0.05) is 6.92 Å². The van der Waals surface area contributed by atoms with Crippen LogP contribution in [-0.2, 0) is 14.3 Å². The van der Waals surface area contributed by atoms with Crippen LogP contribution in [0.1, 0.15) is 19.8 Å². The molecule has 0 aromatic heterocycles. The van der Waals surface area contributed by atoms with E-state index in [1.54, 1.807) is 4.90 Å². The molecular formula is C14H27N3O3. The lowest BCUT2D eigenvalue weighted by molar-refractivity contribution is -0.146. The van der Waals surface area contributed by atoms with Crippen LogP contribution in [0.2, 0.25) is 0 Å². The van der Waals surface area contributed by atoms with Crippen LogP contribution in [0.15, 0.2) is 0 Å². The molecule has 2 N–H and O–H groups in total. The summed E-state index contributed by atoms with van der Waals surface area (Å²) in [5.74, 6) is 0.205. The summed E-state index contributed by atoms with van der Waals surface area (Å²) < 4.78 is 4.81. The molecule has 1 aliphatic heterocycles. The summed E-state index contributed by atoms with van der Waals surface area (Å²) in [7, 11) is 3.23. The third-order valence-electron chi connectivity index (χ3n) is 3.96. The fraction of sp³-hybridized carbons (Fsp3) is 0.857. The Labute approximate surface area is 121 Å². The summed E-state index contributed by atoms with van der Waals surface area (Å²) in [5.41, 5.74) is 5.43. The average molecular weight is 285 g/mol. The summed E-state index contributed by atoms with van der Waals surface area (Å²) in [6, 6.07) is 0. The number of hydrogen-bond donors (Lipinski definition) is 1. The van der Waals surface area contributed by atoms with Crippen LogP contribution in [0, 0.1) is 11.8 Å². The number of ether oxygens (including phenoxy) is 1. The zero-order chi connectivity index (χ0) is 15.1. The Bertz CT molecular complexity index is 336. The molecule has 6 nitrogen and oxygen atoms in total. The van der Waals surface area contributed by atoms with Gasteiger partial charge in [-0.15, -0.1) is 0 Å². The zero-order valence-corrected chi connectivity index (χ0v) is 12.8. The van der Waals surface area contributed by atoms with E-state index in [9.17, 15) is 9.59 Å². The maximum absolute atomic E-state index is 11.9. The van der Waals surface area contributed by atoms with E-state index in [-0.39, 0.29) is 23.7 Å². The van der Waals surface area contributed by atoms with Crippen LogP contribution in [0.3, 0.4) is 0 Å². The first-order chi connectivity index (χ1) is 9.49. The second-order valence-electron chi connectivity index (χ2n) is 5.57. The van der Waals surface area contributed by atoms with Gasteiger partial charge in [-0.2, -0.15) is 0 Å². The number of rotatable bonds is 7.